The van der Waals surface area contributed by atoms with E-state index in [2.05, 4.69) is 39.8 Å². The van der Waals surface area contributed by atoms with Gasteiger partial charge < -0.3 is 9.84 Å². The first kappa shape index (κ1) is 16.5. The Labute approximate surface area is 133 Å². The second kappa shape index (κ2) is 6.46. The van der Waals surface area contributed by atoms with Crippen molar-refractivity contribution in [2.75, 3.05) is 19.7 Å². The van der Waals surface area contributed by atoms with Gasteiger partial charge in [-0.3, -0.25) is 9.58 Å². The number of rotatable bonds is 7. The molecule has 2 heterocycles. The fourth-order valence-corrected chi connectivity index (χ4v) is 3.41. The summed E-state index contributed by atoms with van der Waals surface area (Å²) in [6.07, 6.45) is 0.903. The van der Waals surface area contributed by atoms with Crippen LogP contribution in [-0.2, 0) is 29.0 Å². The molecular weight excluding hydrogens is 338 g/mol. The largest absolute Gasteiger partial charge is 0.480 e. The molecule has 21 heavy (non-hydrogen) atoms. The SMILES string of the molecule is CCc1nn(CC)c(CN2CC(C)(OCC(=O)O)C2)c1Br. The molecule has 0 amide bonds. The summed E-state index contributed by atoms with van der Waals surface area (Å²) in [7, 11) is 0. The third kappa shape index (κ3) is 3.64. The van der Waals surface area contributed by atoms with Gasteiger partial charge in [0.2, 0.25) is 0 Å². The van der Waals surface area contributed by atoms with E-state index in [1.54, 1.807) is 0 Å². The molecule has 7 heteroatoms. The first-order valence-corrected chi connectivity index (χ1v) is 8.00. The Morgan fingerprint density at radius 1 is 1.48 bits per heavy atom. The van der Waals surface area contributed by atoms with Crippen LogP contribution >= 0.6 is 15.9 Å². The van der Waals surface area contributed by atoms with Crippen molar-refractivity contribution in [3.05, 3.63) is 15.9 Å². The number of aryl methyl sites for hydroxylation is 2. The zero-order chi connectivity index (χ0) is 15.6. The Morgan fingerprint density at radius 2 is 2.14 bits per heavy atom. The zero-order valence-corrected chi connectivity index (χ0v) is 14.3. The zero-order valence-electron chi connectivity index (χ0n) is 12.7. The van der Waals surface area contributed by atoms with Gasteiger partial charge in [0.15, 0.2) is 0 Å². The van der Waals surface area contributed by atoms with Crippen molar-refractivity contribution >= 4 is 21.9 Å². The van der Waals surface area contributed by atoms with E-state index in [1.165, 1.54) is 5.69 Å². The Morgan fingerprint density at radius 3 is 2.67 bits per heavy atom. The maximum Gasteiger partial charge on any atom is 0.329 e. The Balaban J connectivity index is 1.96. The highest BCUT2D eigenvalue weighted by atomic mass is 79.9. The van der Waals surface area contributed by atoms with Gasteiger partial charge in [-0.2, -0.15) is 5.10 Å². The lowest BCUT2D eigenvalue weighted by atomic mass is 9.96. The van der Waals surface area contributed by atoms with Crippen molar-refractivity contribution < 1.29 is 14.6 Å². The molecule has 0 bridgehead atoms. The van der Waals surface area contributed by atoms with Crippen LogP contribution in [0.25, 0.3) is 0 Å². The van der Waals surface area contributed by atoms with E-state index in [9.17, 15) is 4.79 Å². The quantitative estimate of drug-likeness (QED) is 0.805. The van der Waals surface area contributed by atoms with Gasteiger partial charge in [-0.15, -0.1) is 0 Å². The molecule has 0 aliphatic carbocycles. The standard InChI is InChI=1S/C14H22BrN3O3/c1-4-10-13(15)11(18(5-2)16-10)6-17-8-14(3,9-17)21-7-12(19)20/h4-9H2,1-3H3,(H,19,20). The number of halogens is 1. The minimum atomic E-state index is -0.922. The Bertz CT molecular complexity index is 524. The van der Waals surface area contributed by atoms with Crippen molar-refractivity contribution in [1.29, 1.82) is 0 Å². The molecule has 1 N–H and O–H groups in total. The van der Waals surface area contributed by atoms with Crippen LogP contribution in [0.3, 0.4) is 0 Å². The highest BCUT2D eigenvalue weighted by molar-refractivity contribution is 9.10. The highest BCUT2D eigenvalue weighted by Crippen LogP contribution is 2.29. The average molecular weight is 360 g/mol. The second-order valence-corrected chi connectivity index (χ2v) is 6.45. The molecule has 0 aromatic carbocycles. The molecule has 6 nitrogen and oxygen atoms in total. The third-order valence-corrected chi connectivity index (χ3v) is 4.64. The molecule has 0 atom stereocenters. The summed E-state index contributed by atoms with van der Waals surface area (Å²) in [6, 6.07) is 0. The predicted octanol–water partition coefficient (Wildman–Crippen LogP) is 1.90. The van der Waals surface area contributed by atoms with Crippen LogP contribution < -0.4 is 0 Å². The van der Waals surface area contributed by atoms with Crippen LogP contribution in [0.2, 0.25) is 0 Å². The van der Waals surface area contributed by atoms with E-state index in [-0.39, 0.29) is 12.2 Å². The molecule has 0 unspecified atom stereocenters. The number of carboxylic acids is 1. The van der Waals surface area contributed by atoms with Gasteiger partial charge in [-0.1, -0.05) is 6.92 Å². The summed E-state index contributed by atoms with van der Waals surface area (Å²) in [6.45, 7) is 9.01. The number of ether oxygens (including phenoxy) is 1. The topological polar surface area (TPSA) is 67.6 Å². The van der Waals surface area contributed by atoms with Gasteiger partial charge in [0, 0.05) is 26.2 Å². The van der Waals surface area contributed by atoms with Crippen LogP contribution in [0.4, 0.5) is 0 Å². The van der Waals surface area contributed by atoms with Crippen molar-refractivity contribution in [3.8, 4) is 0 Å². The minimum Gasteiger partial charge on any atom is -0.480 e. The smallest absolute Gasteiger partial charge is 0.329 e. The van der Waals surface area contributed by atoms with Crippen LogP contribution in [0.15, 0.2) is 4.47 Å². The lowest BCUT2D eigenvalue weighted by Gasteiger charge is -2.47. The fraction of sp³-hybridized carbons (Fsp3) is 0.714. The summed E-state index contributed by atoms with van der Waals surface area (Å²) >= 11 is 3.64. The lowest BCUT2D eigenvalue weighted by molar-refractivity contribution is -0.166. The molecule has 0 spiro atoms. The monoisotopic (exact) mass is 359 g/mol. The van der Waals surface area contributed by atoms with Crippen LogP contribution in [0.1, 0.15) is 32.2 Å². The summed E-state index contributed by atoms with van der Waals surface area (Å²) in [5, 5.41) is 13.3. The molecule has 1 fully saturated rings. The summed E-state index contributed by atoms with van der Waals surface area (Å²) < 4.78 is 8.55. The van der Waals surface area contributed by atoms with Gasteiger partial charge >= 0.3 is 5.97 Å². The molecule has 1 saturated heterocycles. The minimum absolute atomic E-state index is 0.235. The van der Waals surface area contributed by atoms with Crippen LogP contribution in [0.5, 0.6) is 0 Å². The van der Waals surface area contributed by atoms with Crippen molar-refractivity contribution in [1.82, 2.24) is 14.7 Å². The van der Waals surface area contributed by atoms with Crippen molar-refractivity contribution in [2.45, 2.75) is 45.9 Å². The summed E-state index contributed by atoms with van der Waals surface area (Å²) in [4.78, 5) is 12.8. The maximum absolute atomic E-state index is 10.6. The number of aromatic nitrogens is 2. The van der Waals surface area contributed by atoms with Crippen LogP contribution in [-0.4, -0.2) is 51.1 Å². The lowest BCUT2D eigenvalue weighted by Crippen LogP contribution is -2.61. The number of hydrogen-bond acceptors (Lipinski definition) is 4. The van der Waals surface area contributed by atoms with E-state index >= 15 is 0 Å². The number of carboxylic acid groups (broad SMARTS) is 1. The van der Waals surface area contributed by atoms with Crippen LogP contribution in [0, 0.1) is 0 Å². The molecule has 1 aromatic heterocycles. The number of nitrogens with zero attached hydrogens (tertiary/aromatic N) is 3. The first-order valence-electron chi connectivity index (χ1n) is 7.20. The fourth-order valence-electron chi connectivity index (χ4n) is 2.72. The summed E-state index contributed by atoms with van der Waals surface area (Å²) in [5.41, 5.74) is 1.90. The predicted molar refractivity (Wildman–Crippen MR) is 82.2 cm³/mol. The van der Waals surface area contributed by atoms with Gasteiger partial charge in [-0.25, -0.2) is 4.79 Å². The van der Waals surface area contributed by atoms with E-state index in [1.807, 2.05) is 11.6 Å². The van der Waals surface area contributed by atoms with E-state index in [0.717, 1.165) is 42.8 Å². The molecule has 1 aliphatic rings. The molecule has 1 aromatic rings. The highest BCUT2D eigenvalue weighted by Gasteiger charge is 2.40. The maximum atomic E-state index is 10.6. The Hall–Kier alpha value is -0.920. The molecule has 0 saturated carbocycles. The molecule has 0 radical (unpaired) electrons. The number of hydrogen-bond donors (Lipinski definition) is 1. The third-order valence-electron chi connectivity index (χ3n) is 3.73. The van der Waals surface area contributed by atoms with Crippen molar-refractivity contribution in [3.63, 3.8) is 0 Å². The Kier molecular flexibility index (Phi) is 5.06. The van der Waals surface area contributed by atoms with Gasteiger partial charge in [-0.05, 0) is 36.2 Å². The second-order valence-electron chi connectivity index (χ2n) is 5.65. The van der Waals surface area contributed by atoms with E-state index in [4.69, 9.17) is 9.84 Å². The number of likely N-dealkylation sites (tertiary alicyclic amines) is 1. The summed E-state index contributed by atoms with van der Waals surface area (Å²) in [5.74, 6) is -0.922. The molecule has 118 valence electrons. The van der Waals surface area contributed by atoms with E-state index in [0.29, 0.717) is 0 Å². The van der Waals surface area contributed by atoms with E-state index < -0.39 is 5.97 Å². The number of aliphatic carboxylic acids is 1. The number of carbonyl (C=O) groups is 1. The van der Waals surface area contributed by atoms with Gasteiger partial charge in [0.25, 0.3) is 0 Å². The molecular formula is C14H22BrN3O3. The average Bonchev–Trinajstić information content (AvgIpc) is 2.71. The first-order chi connectivity index (χ1) is 9.88. The van der Waals surface area contributed by atoms with Crippen molar-refractivity contribution in [2.24, 2.45) is 0 Å². The van der Waals surface area contributed by atoms with Gasteiger partial charge in [0.05, 0.1) is 21.5 Å². The van der Waals surface area contributed by atoms with Gasteiger partial charge in [0.1, 0.15) is 6.61 Å². The molecule has 2 rings (SSSR count). The normalized spacial score (nSPS) is 17.7. The molecule has 1 aliphatic heterocycles.